The van der Waals surface area contributed by atoms with Gasteiger partial charge in [0.2, 0.25) is 0 Å². The van der Waals surface area contributed by atoms with Crippen LogP contribution in [0.2, 0.25) is 0 Å². The van der Waals surface area contributed by atoms with Gasteiger partial charge in [-0.15, -0.1) is 0 Å². The molecule has 0 aromatic carbocycles. The molecule has 0 radical (unpaired) electrons. The lowest BCUT2D eigenvalue weighted by atomic mass is 9.84. The normalized spacial score (nSPS) is 38.2. The van der Waals surface area contributed by atoms with Crippen molar-refractivity contribution in [1.82, 2.24) is 10.2 Å². The number of hydrogen-bond acceptors (Lipinski definition) is 3. The number of nitrogens with one attached hydrogen (secondary N) is 1. The molecule has 0 bridgehead atoms. The van der Waals surface area contributed by atoms with Crippen molar-refractivity contribution < 1.29 is 4.74 Å². The third kappa shape index (κ3) is 3.75. The molecule has 118 valence electrons. The third-order valence-electron chi connectivity index (χ3n) is 5.29. The van der Waals surface area contributed by atoms with Gasteiger partial charge in [-0.05, 0) is 51.0 Å². The molecule has 0 aromatic heterocycles. The quantitative estimate of drug-likeness (QED) is 0.839. The molecule has 2 fully saturated rings. The molecular weight excluding hydrogens is 248 g/mol. The summed E-state index contributed by atoms with van der Waals surface area (Å²) in [5, 5.41) is 3.83. The van der Waals surface area contributed by atoms with E-state index in [1.807, 2.05) is 0 Å². The van der Waals surface area contributed by atoms with Gasteiger partial charge in [0.15, 0.2) is 0 Å². The summed E-state index contributed by atoms with van der Waals surface area (Å²) in [6.07, 6.45) is 4.34. The number of ether oxygens (including phenoxy) is 1. The van der Waals surface area contributed by atoms with E-state index in [0.717, 1.165) is 25.6 Å². The first-order chi connectivity index (χ1) is 9.44. The number of hydrogen-bond donors (Lipinski definition) is 1. The van der Waals surface area contributed by atoms with Gasteiger partial charge in [-0.25, -0.2) is 0 Å². The molecule has 0 amide bonds. The number of morpholine rings is 1. The molecule has 2 aliphatic rings. The van der Waals surface area contributed by atoms with Crippen molar-refractivity contribution in [2.45, 2.75) is 72.1 Å². The van der Waals surface area contributed by atoms with Gasteiger partial charge in [0.05, 0.1) is 12.7 Å². The molecule has 0 spiro atoms. The van der Waals surface area contributed by atoms with E-state index in [9.17, 15) is 0 Å². The zero-order valence-electron chi connectivity index (χ0n) is 14.1. The van der Waals surface area contributed by atoms with Gasteiger partial charge in [-0.2, -0.15) is 0 Å². The van der Waals surface area contributed by atoms with Crippen LogP contribution in [0.15, 0.2) is 0 Å². The fourth-order valence-corrected chi connectivity index (χ4v) is 3.98. The maximum Gasteiger partial charge on any atom is 0.0674 e. The minimum atomic E-state index is 0.391. The molecule has 1 saturated carbocycles. The smallest absolute Gasteiger partial charge is 0.0674 e. The van der Waals surface area contributed by atoms with Gasteiger partial charge in [-0.1, -0.05) is 20.8 Å². The molecule has 1 heterocycles. The van der Waals surface area contributed by atoms with Crippen molar-refractivity contribution in [2.75, 3.05) is 26.2 Å². The van der Waals surface area contributed by atoms with Crippen LogP contribution in [0.25, 0.3) is 0 Å². The van der Waals surface area contributed by atoms with Crippen molar-refractivity contribution >= 4 is 0 Å². The molecule has 20 heavy (non-hydrogen) atoms. The summed E-state index contributed by atoms with van der Waals surface area (Å²) >= 11 is 0. The maximum atomic E-state index is 5.76. The van der Waals surface area contributed by atoms with E-state index in [-0.39, 0.29) is 0 Å². The molecule has 2 rings (SSSR count). The zero-order chi connectivity index (χ0) is 14.8. The Bertz CT molecular complexity index is 305. The first kappa shape index (κ1) is 16.3. The van der Waals surface area contributed by atoms with Crippen LogP contribution in [0.5, 0.6) is 0 Å². The SMILES string of the molecule is CCCNC1C(CN2CC(C)OCC2C)CCC1(C)C. The Hall–Kier alpha value is -0.120. The van der Waals surface area contributed by atoms with E-state index in [4.69, 9.17) is 4.74 Å². The summed E-state index contributed by atoms with van der Waals surface area (Å²) in [5.41, 5.74) is 0.445. The van der Waals surface area contributed by atoms with Gasteiger partial charge in [0.25, 0.3) is 0 Å². The van der Waals surface area contributed by atoms with Crippen molar-refractivity contribution in [1.29, 1.82) is 0 Å². The Morgan fingerprint density at radius 3 is 2.75 bits per heavy atom. The Kier molecular flexibility index (Phi) is 5.49. The van der Waals surface area contributed by atoms with Gasteiger partial charge < -0.3 is 10.1 Å². The molecule has 1 aliphatic heterocycles. The third-order valence-corrected chi connectivity index (χ3v) is 5.29. The molecule has 1 saturated heterocycles. The second-order valence-electron chi connectivity index (χ2n) is 7.67. The molecule has 1 aliphatic carbocycles. The average molecular weight is 282 g/mol. The van der Waals surface area contributed by atoms with Crippen molar-refractivity contribution in [3.63, 3.8) is 0 Å². The monoisotopic (exact) mass is 282 g/mol. The Balaban J connectivity index is 1.96. The zero-order valence-corrected chi connectivity index (χ0v) is 14.1. The van der Waals surface area contributed by atoms with Crippen LogP contribution >= 0.6 is 0 Å². The van der Waals surface area contributed by atoms with Crippen LogP contribution in [0.3, 0.4) is 0 Å². The summed E-state index contributed by atoms with van der Waals surface area (Å²) in [7, 11) is 0. The van der Waals surface area contributed by atoms with E-state index >= 15 is 0 Å². The highest BCUT2D eigenvalue weighted by Crippen LogP contribution is 2.42. The molecule has 4 unspecified atom stereocenters. The summed E-state index contributed by atoms with van der Waals surface area (Å²) in [4.78, 5) is 2.65. The van der Waals surface area contributed by atoms with E-state index in [1.165, 1.54) is 25.8 Å². The highest BCUT2D eigenvalue weighted by Gasteiger charge is 2.42. The number of rotatable bonds is 5. The van der Waals surface area contributed by atoms with E-state index < -0.39 is 0 Å². The lowest BCUT2D eigenvalue weighted by Gasteiger charge is -2.40. The Labute approximate surface area is 125 Å². The van der Waals surface area contributed by atoms with Crippen molar-refractivity contribution in [2.24, 2.45) is 11.3 Å². The Morgan fingerprint density at radius 1 is 1.30 bits per heavy atom. The largest absolute Gasteiger partial charge is 0.376 e. The van der Waals surface area contributed by atoms with Crippen LogP contribution in [0.1, 0.15) is 53.9 Å². The maximum absolute atomic E-state index is 5.76. The second kappa shape index (κ2) is 6.76. The van der Waals surface area contributed by atoms with Crippen molar-refractivity contribution in [3.8, 4) is 0 Å². The average Bonchev–Trinajstić information content (AvgIpc) is 2.67. The van der Waals surface area contributed by atoms with Crippen LogP contribution < -0.4 is 5.32 Å². The minimum Gasteiger partial charge on any atom is -0.376 e. The summed E-state index contributed by atoms with van der Waals surface area (Å²) in [6, 6.07) is 1.24. The summed E-state index contributed by atoms with van der Waals surface area (Å²) in [5.74, 6) is 0.796. The minimum absolute atomic E-state index is 0.391. The lowest BCUT2D eigenvalue weighted by Crippen LogP contribution is -2.52. The highest BCUT2D eigenvalue weighted by molar-refractivity contribution is 4.97. The van der Waals surface area contributed by atoms with Crippen molar-refractivity contribution in [3.05, 3.63) is 0 Å². The molecule has 1 N–H and O–H groups in total. The Morgan fingerprint density at radius 2 is 2.05 bits per heavy atom. The fourth-order valence-electron chi connectivity index (χ4n) is 3.98. The fraction of sp³-hybridized carbons (Fsp3) is 1.00. The molecule has 3 heteroatoms. The molecule has 3 nitrogen and oxygen atoms in total. The first-order valence-corrected chi connectivity index (χ1v) is 8.53. The number of nitrogens with zero attached hydrogens (tertiary/aromatic N) is 1. The standard InChI is InChI=1S/C17H34N2O/c1-6-9-18-16-15(7-8-17(16,4)5)11-19-10-14(3)20-12-13(19)2/h13-16,18H,6-12H2,1-5H3. The predicted molar refractivity (Wildman–Crippen MR) is 85.0 cm³/mol. The van der Waals surface area contributed by atoms with Gasteiger partial charge in [-0.3, -0.25) is 4.90 Å². The van der Waals surface area contributed by atoms with Crippen LogP contribution in [0.4, 0.5) is 0 Å². The van der Waals surface area contributed by atoms with E-state index in [1.54, 1.807) is 0 Å². The highest BCUT2D eigenvalue weighted by atomic mass is 16.5. The first-order valence-electron chi connectivity index (χ1n) is 8.53. The van der Waals surface area contributed by atoms with Crippen LogP contribution in [-0.4, -0.2) is 49.3 Å². The lowest BCUT2D eigenvalue weighted by molar-refractivity contribution is -0.0556. The molecule has 0 aromatic rings. The van der Waals surface area contributed by atoms with Crippen LogP contribution in [0, 0.1) is 11.3 Å². The van der Waals surface area contributed by atoms with E-state index in [0.29, 0.717) is 23.6 Å². The predicted octanol–water partition coefficient (Wildman–Crippen LogP) is 2.90. The van der Waals surface area contributed by atoms with Gasteiger partial charge in [0, 0.05) is 25.2 Å². The second-order valence-corrected chi connectivity index (χ2v) is 7.67. The van der Waals surface area contributed by atoms with Gasteiger partial charge in [0.1, 0.15) is 0 Å². The summed E-state index contributed by atoms with van der Waals surface area (Å²) < 4.78 is 5.76. The molecule has 4 atom stereocenters. The molecular formula is C17H34N2O. The summed E-state index contributed by atoms with van der Waals surface area (Å²) in [6.45, 7) is 16.0. The topological polar surface area (TPSA) is 24.5 Å². The van der Waals surface area contributed by atoms with Crippen LogP contribution in [-0.2, 0) is 4.74 Å². The van der Waals surface area contributed by atoms with Gasteiger partial charge >= 0.3 is 0 Å². The van der Waals surface area contributed by atoms with E-state index in [2.05, 4.69) is 44.8 Å².